The van der Waals surface area contributed by atoms with E-state index in [1.807, 2.05) is 30.3 Å². The van der Waals surface area contributed by atoms with E-state index in [0.29, 0.717) is 31.3 Å². The number of ether oxygens (including phenoxy) is 2. The molecule has 1 aliphatic heterocycles. The molecule has 0 unspecified atom stereocenters. The standard InChI is InChI=1S/C25H31FN2O5S/c1-34(30,31)20-7-8-23(22(26)15-20)32-14-11-25(27)16-21(25)19-9-12-28(13-10-19)24(29)33-17-18-5-3-2-4-6-18/h2-8,15,19,21H,9-14,16-17,27H2,1H3/t21-,25+/m1/s1. The number of rotatable bonds is 8. The number of carbonyl (C=O) groups is 1. The van der Waals surface area contributed by atoms with Gasteiger partial charge in [0.1, 0.15) is 6.61 Å². The fourth-order valence-corrected chi connectivity index (χ4v) is 5.38. The molecule has 4 rings (SSSR count). The number of amides is 1. The van der Waals surface area contributed by atoms with Gasteiger partial charge in [-0.2, -0.15) is 0 Å². The number of carbonyl (C=O) groups excluding carboxylic acids is 1. The Balaban J connectivity index is 1.19. The van der Waals surface area contributed by atoms with Crippen molar-refractivity contribution in [3.05, 3.63) is 59.9 Å². The predicted molar refractivity (Wildman–Crippen MR) is 126 cm³/mol. The first kappa shape index (κ1) is 24.5. The largest absolute Gasteiger partial charge is 0.490 e. The van der Waals surface area contributed by atoms with Crippen LogP contribution in [0.3, 0.4) is 0 Å². The fourth-order valence-electron chi connectivity index (χ4n) is 4.75. The van der Waals surface area contributed by atoms with Gasteiger partial charge < -0.3 is 20.1 Å². The quantitative estimate of drug-likeness (QED) is 0.605. The number of halogens is 1. The minimum atomic E-state index is -3.47. The molecule has 1 aliphatic carbocycles. The summed E-state index contributed by atoms with van der Waals surface area (Å²) in [5.74, 6) is 0.119. The zero-order valence-electron chi connectivity index (χ0n) is 19.3. The summed E-state index contributed by atoms with van der Waals surface area (Å²) in [6.45, 7) is 1.83. The number of sulfone groups is 1. The van der Waals surface area contributed by atoms with Crippen molar-refractivity contribution in [1.82, 2.24) is 4.90 Å². The topological polar surface area (TPSA) is 98.9 Å². The van der Waals surface area contributed by atoms with Gasteiger partial charge in [-0.1, -0.05) is 30.3 Å². The number of nitrogens with zero attached hydrogens (tertiary/aromatic N) is 1. The van der Waals surface area contributed by atoms with Gasteiger partial charge in [-0.3, -0.25) is 0 Å². The van der Waals surface area contributed by atoms with Crippen molar-refractivity contribution in [2.75, 3.05) is 26.0 Å². The molecule has 2 aromatic rings. The maximum Gasteiger partial charge on any atom is 0.410 e. The van der Waals surface area contributed by atoms with Crippen LogP contribution in [0.5, 0.6) is 5.75 Å². The summed E-state index contributed by atoms with van der Waals surface area (Å²) in [6, 6.07) is 13.3. The minimum Gasteiger partial charge on any atom is -0.490 e. The Morgan fingerprint density at radius 1 is 1.18 bits per heavy atom. The molecule has 1 amide bonds. The Hall–Kier alpha value is -2.65. The van der Waals surface area contributed by atoms with Crippen molar-refractivity contribution in [3.8, 4) is 5.75 Å². The lowest BCUT2D eigenvalue weighted by Crippen LogP contribution is -2.40. The lowest BCUT2D eigenvalue weighted by Gasteiger charge is -2.32. The van der Waals surface area contributed by atoms with Crippen LogP contribution in [0.4, 0.5) is 9.18 Å². The van der Waals surface area contributed by atoms with E-state index in [2.05, 4.69) is 0 Å². The Labute approximate surface area is 200 Å². The lowest BCUT2D eigenvalue weighted by molar-refractivity contribution is 0.0793. The van der Waals surface area contributed by atoms with E-state index < -0.39 is 15.7 Å². The molecular weight excluding hydrogens is 459 g/mol. The highest BCUT2D eigenvalue weighted by Crippen LogP contribution is 2.51. The normalized spacial score (nSPS) is 22.9. The second-order valence-electron chi connectivity index (χ2n) is 9.37. The smallest absolute Gasteiger partial charge is 0.410 e. The molecule has 1 heterocycles. The Morgan fingerprint density at radius 3 is 2.53 bits per heavy atom. The molecule has 2 N–H and O–H groups in total. The SMILES string of the molecule is CS(=O)(=O)c1ccc(OCC[C@]2(N)C[C@@H]2C2CCN(C(=O)OCc3ccccc3)CC2)c(F)c1. The molecule has 0 spiro atoms. The van der Waals surface area contributed by atoms with Crippen molar-refractivity contribution in [2.24, 2.45) is 17.6 Å². The minimum absolute atomic E-state index is 0.0236. The molecule has 0 aromatic heterocycles. The van der Waals surface area contributed by atoms with Crippen molar-refractivity contribution in [2.45, 2.75) is 42.7 Å². The number of nitrogens with two attached hydrogens (primary N) is 1. The van der Waals surface area contributed by atoms with Gasteiger partial charge in [0.05, 0.1) is 11.5 Å². The van der Waals surface area contributed by atoms with Gasteiger partial charge in [-0.25, -0.2) is 17.6 Å². The van der Waals surface area contributed by atoms with Gasteiger partial charge in [-0.15, -0.1) is 0 Å². The molecular formula is C25H31FN2O5S. The predicted octanol–water partition coefficient (Wildman–Crippen LogP) is 3.76. The Bertz CT molecular complexity index is 1120. The molecule has 34 heavy (non-hydrogen) atoms. The van der Waals surface area contributed by atoms with Crippen LogP contribution in [0.1, 0.15) is 31.2 Å². The lowest BCUT2D eigenvalue weighted by atomic mass is 9.89. The fraction of sp³-hybridized carbons (Fsp3) is 0.480. The van der Waals surface area contributed by atoms with Crippen molar-refractivity contribution >= 4 is 15.9 Å². The zero-order chi connectivity index (χ0) is 24.3. The first-order valence-electron chi connectivity index (χ1n) is 11.5. The summed E-state index contributed by atoms with van der Waals surface area (Å²) in [4.78, 5) is 14.0. The van der Waals surface area contributed by atoms with Gasteiger partial charge in [-0.05, 0) is 61.3 Å². The summed E-state index contributed by atoms with van der Waals surface area (Å²) in [6.07, 6.45) is 3.99. The van der Waals surface area contributed by atoms with E-state index in [4.69, 9.17) is 15.2 Å². The van der Waals surface area contributed by atoms with E-state index in [1.54, 1.807) is 4.90 Å². The molecule has 2 fully saturated rings. The highest BCUT2D eigenvalue weighted by atomic mass is 32.2. The number of hydrogen-bond acceptors (Lipinski definition) is 6. The molecule has 1 saturated heterocycles. The number of piperidine rings is 1. The zero-order valence-corrected chi connectivity index (χ0v) is 20.1. The molecule has 184 valence electrons. The summed E-state index contributed by atoms with van der Waals surface area (Å²) in [5, 5.41) is 0. The van der Waals surface area contributed by atoms with E-state index >= 15 is 0 Å². The average molecular weight is 491 g/mol. The first-order valence-corrected chi connectivity index (χ1v) is 13.4. The van der Waals surface area contributed by atoms with E-state index in [1.165, 1.54) is 12.1 Å². The molecule has 7 nitrogen and oxygen atoms in total. The molecule has 0 radical (unpaired) electrons. The second kappa shape index (κ2) is 9.92. The summed E-state index contributed by atoms with van der Waals surface area (Å²) < 4.78 is 48.2. The van der Waals surface area contributed by atoms with Crippen molar-refractivity contribution in [3.63, 3.8) is 0 Å². The molecule has 2 aliphatic rings. The molecule has 9 heteroatoms. The maximum atomic E-state index is 14.2. The maximum absolute atomic E-state index is 14.2. The van der Waals surface area contributed by atoms with Crippen LogP contribution in [0, 0.1) is 17.7 Å². The third kappa shape index (κ3) is 5.88. The van der Waals surface area contributed by atoms with Crippen LogP contribution in [0.15, 0.2) is 53.4 Å². The third-order valence-corrected chi connectivity index (χ3v) is 8.02. The highest BCUT2D eigenvalue weighted by molar-refractivity contribution is 7.90. The monoisotopic (exact) mass is 490 g/mol. The number of benzene rings is 2. The van der Waals surface area contributed by atoms with Crippen LogP contribution >= 0.6 is 0 Å². The second-order valence-corrected chi connectivity index (χ2v) is 11.4. The third-order valence-electron chi connectivity index (χ3n) is 6.91. The molecule has 2 aromatic carbocycles. The van der Waals surface area contributed by atoms with Gasteiger partial charge in [0.15, 0.2) is 21.4 Å². The average Bonchev–Trinajstić information content (AvgIpc) is 3.49. The van der Waals surface area contributed by atoms with E-state index in [-0.39, 0.29) is 35.5 Å². The highest BCUT2D eigenvalue weighted by Gasteiger charge is 2.54. The molecule has 1 saturated carbocycles. The van der Waals surface area contributed by atoms with Gasteiger partial charge in [0.2, 0.25) is 0 Å². The summed E-state index contributed by atoms with van der Waals surface area (Å²) >= 11 is 0. The Kier molecular flexibility index (Phi) is 7.14. The molecule has 2 atom stereocenters. The summed E-state index contributed by atoms with van der Waals surface area (Å²) in [5.41, 5.74) is 7.17. The van der Waals surface area contributed by atoms with E-state index in [0.717, 1.165) is 37.1 Å². The van der Waals surface area contributed by atoms with Crippen LogP contribution < -0.4 is 10.5 Å². The van der Waals surface area contributed by atoms with Gasteiger partial charge >= 0.3 is 6.09 Å². The van der Waals surface area contributed by atoms with Gasteiger partial charge in [0.25, 0.3) is 0 Å². The number of likely N-dealkylation sites (tertiary alicyclic amines) is 1. The van der Waals surface area contributed by atoms with Crippen LogP contribution in [-0.4, -0.2) is 50.9 Å². The summed E-state index contributed by atoms with van der Waals surface area (Å²) in [7, 11) is -3.47. The Morgan fingerprint density at radius 2 is 1.88 bits per heavy atom. The van der Waals surface area contributed by atoms with Crippen LogP contribution in [-0.2, 0) is 21.2 Å². The molecule has 0 bridgehead atoms. The van der Waals surface area contributed by atoms with Crippen molar-refractivity contribution in [1.29, 1.82) is 0 Å². The van der Waals surface area contributed by atoms with Crippen LogP contribution in [0.2, 0.25) is 0 Å². The van der Waals surface area contributed by atoms with E-state index in [9.17, 15) is 17.6 Å². The first-order chi connectivity index (χ1) is 16.2. The van der Waals surface area contributed by atoms with Gasteiger partial charge in [0, 0.05) is 24.9 Å². The number of hydrogen-bond donors (Lipinski definition) is 1. The van der Waals surface area contributed by atoms with Crippen LogP contribution in [0.25, 0.3) is 0 Å². The van der Waals surface area contributed by atoms with Crippen molar-refractivity contribution < 1.29 is 27.1 Å².